The van der Waals surface area contributed by atoms with Gasteiger partial charge in [0.1, 0.15) is 18.4 Å². The topological polar surface area (TPSA) is 117 Å². The fourth-order valence-electron chi connectivity index (χ4n) is 6.93. The van der Waals surface area contributed by atoms with Crippen LogP contribution in [0.2, 0.25) is 0 Å². The maximum Gasteiger partial charge on any atom is 0.329 e. The van der Waals surface area contributed by atoms with Crippen LogP contribution in [0.4, 0.5) is 0 Å². The van der Waals surface area contributed by atoms with Gasteiger partial charge < -0.3 is 19.2 Å². The predicted molar refractivity (Wildman–Crippen MR) is 116 cm³/mol. The fraction of sp³-hybridized carbons (Fsp3) is 0.739. The molecule has 5 fully saturated rings. The summed E-state index contributed by atoms with van der Waals surface area (Å²) < 4.78 is 36.1. The van der Waals surface area contributed by atoms with Crippen LogP contribution in [0, 0.1) is 23.2 Å². The second kappa shape index (κ2) is 8.09. The zero-order valence-corrected chi connectivity index (χ0v) is 19.9. The number of carbonyl (C=O) groups is 2. The van der Waals surface area contributed by atoms with E-state index in [1.54, 1.807) is 4.90 Å². The molecule has 2 atom stereocenters. The van der Waals surface area contributed by atoms with Crippen molar-refractivity contribution in [2.24, 2.45) is 23.2 Å². The van der Waals surface area contributed by atoms with Crippen molar-refractivity contribution in [1.82, 2.24) is 9.21 Å². The number of hydrogen-bond acceptors (Lipinski definition) is 7. The minimum atomic E-state index is -3.72. The van der Waals surface area contributed by atoms with Gasteiger partial charge in [-0.25, -0.2) is 17.5 Å². The molecule has 2 heterocycles. The van der Waals surface area contributed by atoms with Gasteiger partial charge in [0.2, 0.25) is 11.0 Å². The lowest BCUT2D eigenvalue weighted by Gasteiger charge is -2.56. The van der Waals surface area contributed by atoms with Crippen LogP contribution >= 0.6 is 0 Å². The third kappa shape index (κ3) is 4.00. The number of carbonyl (C=O) groups excluding carboxylic acids is 2. The number of nitrogens with zero attached hydrogens (tertiary/aromatic N) is 2. The molecule has 1 aliphatic heterocycles. The van der Waals surface area contributed by atoms with Gasteiger partial charge in [0.25, 0.3) is 10.0 Å². The molecule has 0 aromatic carbocycles. The van der Waals surface area contributed by atoms with Crippen LogP contribution in [0.3, 0.4) is 0 Å². The molecule has 5 aliphatic rings. The number of esters is 1. The zero-order valence-electron chi connectivity index (χ0n) is 19.1. The van der Waals surface area contributed by atoms with Crippen molar-refractivity contribution in [3.05, 3.63) is 17.9 Å². The summed E-state index contributed by atoms with van der Waals surface area (Å²) >= 11 is 0. The molecule has 9 nitrogen and oxygen atoms in total. The average molecular weight is 481 g/mol. The predicted octanol–water partition coefficient (Wildman–Crippen LogP) is 1.75. The quantitative estimate of drug-likeness (QED) is 0.617. The summed E-state index contributed by atoms with van der Waals surface area (Å²) in [6, 6.07) is 1.94. The fourth-order valence-corrected chi connectivity index (χ4v) is 7.74. The van der Waals surface area contributed by atoms with Gasteiger partial charge in [-0.2, -0.15) is 0 Å². The molecule has 1 amide bonds. The molecule has 33 heavy (non-hydrogen) atoms. The van der Waals surface area contributed by atoms with Crippen LogP contribution < -0.4 is 0 Å². The molecule has 1 saturated heterocycles. The first-order valence-corrected chi connectivity index (χ1v) is 13.2. The van der Waals surface area contributed by atoms with E-state index in [-0.39, 0.29) is 36.3 Å². The Balaban J connectivity index is 1.26. The first-order chi connectivity index (χ1) is 15.6. The molecular weight excluding hydrogens is 448 g/mol. The summed E-state index contributed by atoms with van der Waals surface area (Å²) in [5, 5.41) is 10.1. The Labute approximate surface area is 194 Å². The third-order valence-electron chi connectivity index (χ3n) is 8.03. The lowest BCUT2D eigenvalue weighted by atomic mass is 9.49. The van der Waals surface area contributed by atoms with E-state index < -0.39 is 33.6 Å². The van der Waals surface area contributed by atoms with Crippen molar-refractivity contribution in [1.29, 1.82) is 0 Å². The van der Waals surface area contributed by atoms with Gasteiger partial charge in [-0.05, 0) is 68.4 Å². The molecule has 1 aromatic heterocycles. The van der Waals surface area contributed by atoms with Gasteiger partial charge in [0, 0.05) is 27.1 Å². The number of rotatable bonds is 6. The number of hydrogen-bond donors (Lipinski definition) is 1. The number of furan rings is 1. The first-order valence-electron chi connectivity index (χ1n) is 11.7. The van der Waals surface area contributed by atoms with Crippen LogP contribution in [0.5, 0.6) is 0 Å². The summed E-state index contributed by atoms with van der Waals surface area (Å²) in [4.78, 5) is 28.2. The highest BCUT2D eigenvalue weighted by atomic mass is 32.2. The van der Waals surface area contributed by atoms with E-state index in [0.717, 1.165) is 23.6 Å². The number of sulfonamides is 1. The van der Waals surface area contributed by atoms with Crippen molar-refractivity contribution < 1.29 is 32.3 Å². The van der Waals surface area contributed by atoms with Crippen molar-refractivity contribution in [3.63, 3.8) is 0 Å². The first kappa shape index (κ1) is 22.9. The Morgan fingerprint density at radius 1 is 1.12 bits per heavy atom. The Hall–Kier alpha value is -1.91. The Kier molecular flexibility index (Phi) is 5.61. The van der Waals surface area contributed by atoms with Crippen LogP contribution in [-0.4, -0.2) is 67.4 Å². The summed E-state index contributed by atoms with van der Waals surface area (Å²) in [5.41, 5.74) is -0.395. The normalized spacial score (nSPS) is 35.4. The maximum atomic E-state index is 13.7. The molecule has 1 aromatic rings. The Morgan fingerprint density at radius 2 is 1.73 bits per heavy atom. The van der Waals surface area contributed by atoms with Crippen molar-refractivity contribution in [2.75, 3.05) is 20.6 Å². The number of amides is 1. The summed E-state index contributed by atoms with van der Waals surface area (Å²) in [5.74, 6) is 1.40. The standard InChI is InChI=1S/C23H32N2O7S/c1-24(2)33(29,30)20-4-3-18(32-20)13-31-21(27)19-8-17(26)12-25(19)22(28)23-9-14-5-15(10-23)7-16(6-14)11-23/h3-4,14-17,19,26H,5-13H2,1-2H3/t14?,15?,16?,17?,19-,23?/m0/s1. The van der Waals surface area contributed by atoms with Crippen LogP contribution in [0.1, 0.15) is 50.7 Å². The number of aliphatic hydroxyl groups is 1. The highest BCUT2D eigenvalue weighted by Gasteiger charge is 2.57. The van der Waals surface area contributed by atoms with E-state index in [2.05, 4.69) is 0 Å². The molecule has 10 heteroatoms. The molecular formula is C23H32N2O7S. The highest BCUT2D eigenvalue weighted by molar-refractivity contribution is 7.88. The van der Waals surface area contributed by atoms with E-state index in [1.807, 2.05) is 0 Å². The van der Waals surface area contributed by atoms with E-state index >= 15 is 0 Å². The molecule has 182 valence electrons. The van der Waals surface area contributed by atoms with Crippen LogP contribution in [-0.2, 0) is 31.0 Å². The minimum Gasteiger partial charge on any atom is -0.456 e. The van der Waals surface area contributed by atoms with Crippen LogP contribution in [0.15, 0.2) is 21.6 Å². The average Bonchev–Trinajstić information content (AvgIpc) is 3.37. The van der Waals surface area contributed by atoms with Crippen molar-refractivity contribution in [3.8, 4) is 0 Å². The molecule has 4 saturated carbocycles. The van der Waals surface area contributed by atoms with Gasteiger partial charge >= 0.3 is 5.97 Å². The third-order valence-corrected chi connectivity index (χ3v) is 9.72. The monoisotopic (exact) mass is 480 g/mol. The molecule has 4 aliphatic carbocycles. The van der Waals surface area contributed by atoms with E-state index in [0.29, 0.717) is 17.8 Å². The number of β-amino-alcohol motifs (C(OH)–C–C–N with tert-alkyl or cyclic N) is 1. The summed E-state index contributed by atoms with van der Waals surface area (Å²) in [6.45, 7) is -0.0971. The Morgan fingerprint density at radius 3 is 2.30 bits per heavy atom. The van der Waals surface area contributed by atoms with Crippen molar-refractivity contribution >= 4 is 21.9 Å². The lowest BCUT2D eigenvalue weighted by molar-refractivity contribution is -0.166. The number of likely N-dealkylation sites (tertiary alicyclic amines) is 1. The van der Waals surface area contributed by atoms with Crippen LogP contribution in [0.25, 0.3) is 0 Å². The van der Waals surface area contributed by atoms with Gasteiger partial charge in [-0.3, -0.25) is 4.79 Å². The summed E-state index contributed by atoms with van der Waals surface area (Å²) in [7, 11) is -0.917. The maximum absolute atomic E-state index is 13.7. The van der Waals surface area contributed by atoms with Gasteiger partial charge in [-0.15, -0.1) is 0 Å². The molecule has 0 spiro atoms. The van der Waals surface area contributed by atoms with Gasteiger partial charge in [0.05, 0.1) is 11.5 Å². The van der Waals surface area contributed by atoms with E-state index in [1.165, 1.54) is 45.5 Å². The molecule has 1 N–H and O–H groups in total. The zero-order chi connectivity index (χ0) is 23.5. The SMILES string of the molecule is CN(C)S(=O)(=O)c1ccc(COC(=O)[C@@H]2CC(O)CN2C(=O)C23CC4CC(CC(C4)C2)C3)o1. The van der Waals surface area contributed by atoms with Crippen molar-refractivity contribution in [2.45, 2.75) is 68.8 Å². The second-order valence-electron chi connectivity index (χ2n) is 10.7. The largest absolute Gasteiger partial charge is 0.456 e. The highest BCUT2D eigenvalue weighted by Crippen LogP contribution is 2.60. The molecule has 1 unspecified atom stereocenters. The second-order valence-corrected chi connectivity index (χ2v) is 12.8. The van der Waals surface area contributed by atoms with E-state index in [9.17, 15) is 23.1 Å². The smallest absolute Gasteiger partial charge is 0.329 e. The Bertz CT molecular complexity index is 1010. The number of aliphatic hydroxyl groups excluding tert-OH is 1. The van der Waals surface area contributed by atoms with Gasteiger partial charge in [-0.1, -0.05) is 0 Å². The minimum absolute atomic E-state index is 0.00235. The molecule has 6 rings (SSSR count). The molecule has 4 bridgehead atoms. The molecule has 0 radical (unpaired) electrons. The van der Waals surface area contributed by atoms with Gasteiger partial charge in [0.15, 0.2) is 0 Å². The summed E-state index contributed by atoms with van der Waals surface area (Å²) in [6.07, 6.45) is 5.71. The lowest BCUT2D eigenvalue weighted by Crippen LogP contribution is -2.56. The van der Waals surface area contributed by atoms with E-state index in [4.69, 9.17) is 9.15 Å². The number of ether oxygens (including phenoxy) is 1.